The molecular formula is C19H15F4N3O. The average molecular weight is 377 g/mol. The summed E-state index contributed by atoms with van der Waals surface area (Å²) in [4.78, 5) is 18.2. The third-order valence-electron chi connectivity index (χ3n) is 4.80. The summed E-state index contributed by atoms with van der Waals surface area (Å²) in [6, 6.07) is 8.43. The van der Waals surface area contributed by atoms with Crippen LogP contribution in [0.3, 0.4) is 0 Å². The van der Waals surface area contributed by atoms with Crippen LogP contribution in [0.2, 0.25) is 0 Å². The Hall–Kier alpha value is -2.90. The molecule has 0 aliphatic carbocycles. The molecule has 0 spiro atoms. The number of halogens is 4. The molecule has 4 rings (SSSR count). The quantitative estimate of drug-likeness (QED) is 0.630. The number of nitrogens with zero attached hydrogens (tertiary/aromatic N) is 3. The van der Waals surface area contributed by atoms with E-state index >= 15 is 0 Å². The van der Waals surface area contributed by atoms with Crippen molar-refractivity contribution in [3.8, 4) is 0 Å². The SMILES string of the molecule is O=C(c1cn2cccc(C(F)(F)F)c2n1)N1CCC(c2cccc(F)c2)C1. The van der Waals surface area contributed by atoms with E-state index in [-0.39, 0.29) is 23.1 Å². The van der Waals surface area contributed by atoms with Crippen molar-refractivity contribution < 1.29 is 22.4 Å². The molecule has 3 heterocycles. The van der Waals surface area contributed by atoms with Gasteiger partial charge in [-0.05, 0) is 36.2 Å². The molecule has 1 fully saturated rings. The summed E-state index contributed by atoms with van der Waals surface area (Å²) >= 11 is 0. The van der Waals surface area contributed by atoms with Crippen LogP contribution in [0.4, 0.5) is 17.6 Å². The molecule has 0 radical (unpaired) electrons. The van der Waals surface area contributed by atoms with Gasteiger partial charge in [-0.15, -0.1) is 0 Å². The number of rotatable bonds is 2. The van der Waals surface area contributed by atoms with Crippen LogP contribution in [0.15, 0.2) is 48.8 Å². The highest BCUT2D eigenvalue weighted by Crippen LogP contribution is 2.32. The van der Waals surface area contributed by atoms with Gasteiger partial charge in [0.25, 0.3) is 5.91 Å². The Labute approximate surface area is 152 Å². The maximum absolute atomic E-state index is 13.4. The first kappa shape index (κ1) is 17.5. The maximum atomic E-state index is 13.4. The summed E-state index contributed by atoms with van der Waals surface area (Å²) in [5.74, 6) is -0.768. The van der Waals surface area contributed by atoms with Crippen molar-refractivity contribution in [3.63, 3.8) is 0 Å². The number of hydrogen-bond acceptors (Lipinski definition) is 2. The number of carbonyl (C=O) groups excluding carboxylic acids is 1. The zero-order valence-electron chi connectivity index (χ0n) is 14.1. The number of pyridine rings is 1. The summed E-state index contributed by atoms with van der Waals surface area (Å²) in [5, 5.41) is 0. The Bertz CT molecular complexity index is 1010. The summed E-state index contributed by atoms with van der Waals surface area (Å²) in [7, 11) is 0. The smallest absolute Gasteiger partial charge is 0.337 e. The molecule has 4 nitrogen and oxygen atoms in total. The van der Waals surface area contributed by atoms with Gasteiger partial charge >= 0.3 is 6.18 Å². The number of alkyl halides is 3. The van der Waals surface area contributed by atoms with E-state index in [4.69, 9.17) is 0 Å². The Morgan fingerprint density at radius 3 is 2.74 bits per heavy atom. The highest BCUT2D eigenvalue weighted by molar-refractivity contribution is 5.93. The Balaban J connectivity index is 1.59. The lowest BCUT2D eigenvalue weighted by Crippen LogP contribution is -2.28. The molecule has 0 N–H and O–H groups in total. The van der Waals surface area contributed by atoms with E-state index in [1.54, 1.807) is 11.0 Å². The molecule has 3 aromatic rings. The molecule has 1 amide bonds. The van der Waals surface area contributed by atoms with Crippen molar-refractivity contribution >= 4 is 11.6 Å². The first-order chi connectivity index (χ1) is 12.8. The van der Waals surface area contributed by atoms with Gasteiger partial charge in [0, 0.05) is 31.4 Å². The van der Waals surface area contributed by atoms with E-state index in [0.717, 1.165) is 11.6 Å². The highest BCUT2D eigenvalue weighted by atomic mass is 19.4. The van der Waals surface area contributed by atoms with Gasteiger partial charge in [-0.1, -0.05) is 12.1 Å². The van der Waals surface area contributed by atoms with E-state index in [0.29, 0.717) is 19.5 Å². The molecule has 1 saturated heterocycles. The van der Waals surface area contributed by atoms with Crippen LogP contribution >= 0.6 is 0 Å². The standard InChI is InChI=1S/C19H15F4N3O/c20-14-4-1-3-12(9-14)13-6-8-26(10-13)18(27)16-11-25-7-2-5-15(17(25)24-16)19(21,22)23/h1-5,7,9,11,13H,6,8,10H2. The van der Waals surface area contributed by atoms with Gasteiger partial charge in [0.1, 0.15) is 17.2 Å². The molecule has 1 aliphatic rings. The van der Waals surface area contributed by atoms with Crippen LogP contribution in [-0.2, 0) is 6.18 Å². The minimum atomic E-state index is -4.55. The summed E-state index contributed by atoms with van der Waals surface area (Å²) < 4.78 is 54.0. The number of aromatic nitrogens is 2. The van der Waals surface area contributed by atoms with Crippen LogP contribution in [0.5, 0.6) is 0 Å². The predicted molar refractivity (Wildman–Crippen MR) is 89.9 cm³/mol. The first-order valence-corrected chi connectivity index (χ1v) is 8.42. The second kappa shape index (κ2) is 6.37. The molecule has 140 valence electrons. The lowest BCUT2D eigenvalue weighted by Gasteiger charge is -2.15. The normalized spacial score (nSPS) is 17.6. The predicted octanol–water partition coefficient (Wildman–Crippen LogP) is 4.12. The zero-order chi connectivity index (χ0) is 19.2. The fraction of sp³-hybridized carbons (Fsp3) is 0.263. The Kier molecular flexibility index (Phi) is 4.13. The van der Waals surface area contributed by atoms with Crippen molar-refractivity contribution in [2.45, 2.75) is 18.5 Å². The second-order valence-corrected chi connectivity index (χ2v) is 6.57. The van der Waals surface area contributed by atoms with Gasteiger partial charge in [0.2, 0.25) is 0 Å². The topological polar surface area (TPSA) is 37.6 Å². The van der Waals surface area contributed by atoms with Gasteiger partial charge in [-0.25, -0.2) is 9.37 Å². The van der Waals surface area contributed by atoms with Gasteiger partial charge in [-0.2, -0.15) is 13.2 Å². The Morgan fingerprint density at radius 1 is 1.19 bits per heavy atom. The average Bonchev–Trinajstić information content (AvgIpc) is 3.27. The molecule has 2 aromatic heterocycles. The third-order valence-corrected chi connectivity index (χ3v) is 4.80. The van der Waals surface area contributed by atoms with Crippen molar-refractivity contribution in [2.75, 3.05) is 13.1 Å². The maximum Gasteiger partial charge on any atom is 0.419 e. The molecular weight excluding hydrogens is 362 g/mol. The largest absolute Gasteiger partial charge is 0.419 e. The fourth-order valence-corrected chi connectivity index (χ4v) is 3.48. The number of likely N-dealkylation sites (tertiary alicyclic amines) is 1. The van der Waals surface area contributed by atoms with Crippen molar-refractivity contribution in [2.24, 2.45) is 0 Å². The molecule has 0 bridgehead atoms. The van der Waals surface area contributed by atoms with Gasteiger partial charge in [0.05, 0.1) is 5.56 Å². The second-order valence-electron chi connectivity index (χ2n) is 6.57. The molecule has 1 atom stereocenters. The molecule has 1 aromatic carbocycles. The van der Waals surface area contributed by atoms with Crippen LogP contribution in [0, 0.1) is 5.82 Å². The van der Waals surface area contributed by atoms with Crippen LogP contribution in [-0.4, -0.2) is 33.3 Å². The molecule has 1 aliphatic heterocycles. The molecule has 27 heavy (non-hydrogen) atoms. The van der Waals surface area contributed by atoms with E-state index in [9.17, 15) is 22.4 Å². The van der Waals surface area contributed by atoms with Crippen molar-refractivity contribution in [1.82, 2.24) is 14.3 Å². The van der Waals surface area contributed by atoms with Crippen molar-refractivity contribution in [1.29, 1.82) is 0 Å². The summed E-state index contributed by atoms with van der Waals surface area (Å²) in [6.45, 7) is 0.822. The molecule has 1 unspecified atom stereocenters. The summed E-state index contributed by atoms with van der Waals surface area (Å²) in [6.07, 6.45) is -1.16. The number of imidazole rings is 1. The number of amides is 1. The number of carbonyl (C=O) groups is 1. The van der Waals surface area contributed by atoms with Crippen molar-refractivity contribution in [3.05, 3.63) is 71.4 Å². The minimum absolute atomic E-state index is 0.00702. The lowest BCUT2D eigenvalue weighted by atomic mass is 9.98. The molecule has 8 heteroatoms. The number of hydrogen-bond donors (Lipinski definition) is 0. The first-order valence-electron chi connectivity index (χ1n) is 8.42. The monoisotopic (exact) mass is 377 g/mol. The van der Waals surface area contributed by atoms with Crippen LogP contribution in [0.1, 0.15) is 34.0 Å². The lowest BCUT2D eigenvalue weighted by molar-refractivity contribution is -0.136. The van der Waals surface area contributed by atoms with Crippen LogP contribution in [0.25, 0.3) is 5.65 Å². The van der Waals surface area contributed by atoms with E-state index in [1.165, 1.54) is 35.0 Å². The van der Waals surface area contributed by atoms with Gasteiger partial charge in [0.15, 0.2) is 0 Å². The molecule has 0 saturated carbocycles. The van der Waals surface area contributed by atoms with E-state index < -0.39 is 17.6 Å². The zero-order valence-corrected chi connectivity index (χ0v) is 14.1. The third kappa shape index (κ3) is 3.27. The highest BCUT2D eigenvalue weighted by Gasteiger charge is 2.35. The fourth-order valence-electron chi connectivity index (χ4n) is 3.48. The minimum Gasteiger partial charge on any atom is -0.337 e. The van der Waals surface area contributed by atoms with E-state index in [1.807, 2.05) is 6.07 Å². The van der Waals surface area contributed by atoms with Crippen LogP contribution < -0.4 is 0 Å². The van der Waals surface area contributed by atoms with Gasteiger partial charge in [-0.3, -0.25) is 4.79 Å². The summed E-state index contributed by atoms with van der Waals surface area (Å²) in [5.41, 5.74) is -0.413. The number of benzene rings is 1. The number of fused-ring (bicyclic) bond motifs is 1. The Morgan fingerprint density at radius 2 is 2.00 bits per heavy atom. The van der Waals surface area contributed by atoms with E-state index in [2.05, 4.69) is 4.98 Å². The van der Waals surface area contributed by atoms with Gasteiger partial charge < -0.3 is 9.30 Å².